The number of halogens is 1. The molecule has 2 amide bonds. The van der Waals surface area contributed by atoms with Crippen molar-refractivity contribution < 1.29 is 38.8 Å². The van der Waals surface area contributed by atoms with E-state index in [1.165, 1.54) is 24.3 Å². The van der Waals surface area contributed by atoms with Crippen LogP contribution in [0.3, 0.4) is 0 Å². The minimum Gasteiger partial charge on any atom is -0.505 e. The fourth-order valence-corrected chi connectivity index (χ4v) is 7.38. The number of allylic oxidation sites excluding steroid dienone is 2. The van der Waals surface area contributed by atoms with Gasteiger partial charge >= 0.3 is 14.2 Å². The van der Waals surface area contributed by atoms with Crippen molar-refractivity contribution in [2.45, 2.75) is 45.5 Å². The maximum absolute atomic E-state index is 14.2. The summed E-state index contributed by atoms with van der Waals surface area (Å²) in [6.07, 6.45) is 2.91. The van der Waals surface area contributed by atoms with Crippen LogP contribution >= 0.6 is 0 Å². The van der Waals surface area contributed by atoms with Crippen LogP contribution in [0.25, 0.3) is 11.6 Å². The Hall–Kier alpha value is -4.02. The summed E-state index contributed by atoms with van der Waals surface area (Å²) >= 11 is 0. The molecule has 2 saturated heterocycles. The minimum absolute atomic E-state index is 0.0636. The Morgan fingerprint density at radius 2 is 1.80 bits per heavy atom. The molecular weight excluding hydrogens is 587 g/mol. The van der Waals surface area contributed by atoms with Crippen LogP contribution in [0.4, 0.5) is 10.1 Å². The molecule has 3 aromatic carbocycles. The molecule has 4 atom stereocenters. The van der Waals surface area contributed by atoms with Crippen molar-refractivity contribution in [3.8, 4) is 5.75 Å². The van der Waals surface area contributed by atoms with E-state index < -0.39 is 49.7 Å². The van der Waals surface area contributed by atoms with Crippen LogP contribution in [0.1, 0.15) is 44.2 Å². The predicted molar refractivity (Wildman–Crippen MR) is 175 cm³/mol. The summed E-state index contributed by atoms with van der Waals surface area (Å²) in [7, 11) is -2.88. The minimum atomic E-state index is -1.75. The van der Waals surface area contributed by atoms with E-state index >= 15 is 0 Å². The zero-order valence-corrected chi connectivity index (χ0v) is 25.7. The maximum atomic E-state index is 14.2. The lowest BCUT2D eigenvalue weighted by atomic mass is 9.57. The van der Waals surface area contributed by atoms with Gasteiger partial charge in [-0.2, -0.15) is 0 Å². The number of fused-ring (bicyclic) bond motifs is 3. The largest absolute Gasteiger partial charge is 0.505 e. The van der Waals surface area contributed by atoms with Crippen molar-refractivity contribution in [3.63, 3.8) is 0 Å². The summed E-state index contributed by atoms with van der Waals surface area (Å²) in [4.78, 5) is 29.1. The van der Waals surface area contributed by atoms with Crippen molar-refractivity contribution in [2.75, 3.05) is 4.90 Å². The number of imide groups is 1. The Kier molecular flexibility index (Phi) is 9.03. The van der Waals surface area contributed by atoms with Gasteiger partial charge in [0.25, 0.3) is 0 Å². The summed E-state index contributed by atoms with van der Waals surface area (Å²) in [6, 6.07) is 20.1. The number of benzene rings is 3. The number of hydrogen-bond acceptors (Lipinski definition) is 7. The van der Waals surface area contributed by atoms with Crippen molar-refractivity contribution in [1.82, 2.24) is 0 Å². The molecule has 46 heavy (non-hydrogen) atoms. The number of carbonyl (C=O) groups excluding carboxylic acids is 2. The quantitative estimate of drug-likeness (QED) is 0.128. The molecule has 0 spiro atoms. The van der Waals surface area contributed by atoms with Gasteiger partial charge in [-0.3, -0.25) is 14.5 Å². The number of carbonyl (C=O) groups is 2. The standard InChI is InChI=1S/C35H36B2FNO7/c1-20(2)26-18-27-33(35(42)39(34(27)41)25-10-6-9-24(17-25)37(44)45)28-19-36(43)46-31(32(26)28)14-12-23(22-7-4-3-5-8-22)15-21-11-13-30(40)29(38)16-21/h3-11,13,15-17,20,27-28,31,33,40,43-45H,12,14,18-19H2,1-2H3/b23-15-/t27-,28+,31-,33-/m1/s1. The zero-order valence-electron chi connectivity index (χ0n) is 25.7. The van der Waals surface area contributed by atoms with E-state index in [0.29, 0.717) is 24.8 Å². The highest BCUT2D eigenvalue weighted by molar-refractivity contribution is 6.58. The Morgan fingerprint density at radius 3 is 2.50 bits per heavy atom. The van der Waals surface area contributed by atoms with Crippen molar-refractivity contribution >= 4 is 48.9 Å². The highest BCUT2D eigenvalue weighted by Gasteiger charge is 2.57. The number of aromatic hydroxyl groups is 1. The molecule has 2 fully saturated rings. The Morgan fingerprint density at radius 1 is 1.04 bits per heavy atom. The third kappa shape index (κ3) is 6.08. The lowest BCUT2D eigenvalue weighted by Crippen LogP contribution is -2.46. The Labute approximate surface area is 268 Å². The fraction of sp³-hybridized carbons (Fsp3) is 0.314. The van der Waals surface area contributed by atoms with Gasteiger partial charge in [0, 0.05) is 0 Å². The summed E-state index contributed by atoms with van der Waals surface area (Å²) in [5.41, 5.74) is 4.92. The van der Waals surface area contributed by atoms with Crippen molar-refractivity contribution in [2.24, 2.45) is 23.7 Å². The first kappa shape index (κ1) is 31.9. The summed E-state index contributed by atoms with van der Waals surface area (Å²) in [6.45, 7) is 4.11. The van der Waals surface area contributed by atoms with Gasteiger partial charge in [0.1, 0.15) is 0 Å². The van der Waals surface area contributed by atoms with Crippen molar-refractivity contribution in [3.05, 3.63) is 101 Å². The zero-order chi connectivity index (χ0) is 32.7. The second kappa shape index (κ2) is 13.0. The van der Waals surface area contributed by atoms with E-state index in [0.717, 1.165) is 27.2 Å². The second-order valence-electron chi connectivity index (χ2n) is 12.7. The number of rotatable bonds is 8. The number of nitrogens with zero attached hydrogens (tertiary/aromatic N) is 1. The molecule has 0 saturated carbocycles. The SMILES string of the molecule is CC(C)C1=C2[C@@H](CC/C(=C/c3ccc(O)c(F)c3)c3ccccc3)OB(O)C[C@@H]2[C@@H]2C(=O)N(c3cccc(B(O)O)c3)C(=O)[C@@H]2C1. The molecule has 236 valence electrons. The van der Waals surface area contributed by atoms with Crippen LogP contribution in [0.15, 0.2) is 83.9 Å². The van der Waals surface area contributed by atoms with E-state index in [-0.39, 0.29) is 35.2 Å². The van der Waals surface area contributed by atoms with Gasteiger partial charge in [0.15, 0.2) is 11.6 Å². The normalized spacial score (nSPS) is 23.2. The van der Waals surface area contributed by atoms with E-state index in [9.17, 15) is 34.2 Å². The Balaban J connectivity index is 1.33. The molecule has 0 bridgehead atoms. The lowest BCUT2D eigenvalue weighted by molar-refractivity contribution is -0.122. The molecule has 0 aromatic heterocycles. The highest BCUT2D eigenvalue weighted by atomic mass is 19.1. The lowest BCUT2D eigenvalue weighted by Gasteiger charge is -2.44. The number of phenols is 1. The molecule has 3 aromatic rings. The van der Waals surface area contributed by atoms with Gasteiger partial charge < -0.3 is 24.8 Å². The molecule has 3 aliphatic rings. The average molecular weight is 623 g/mol. The first-order valence-corrected chi connectivity index (χ1v) is 15.7. The smallest absolute Gasteiger partial charge is 0.488 e. The molecule has 1 aliphatic carbocycles. The van der Waals surface area contributed by atoms with Gasteiger partial charge in [-0.05, 0) is 89.4 Å². The van der Waals surface area contributed by atoms with Crippen LogP contribution in [0.2, 0.25) is 6.32 Å². The predicted octanol–water partition coefficient (Wildman–Crippen LogP) is 4.19. The second-order valence-corrected chi connectivity index (χ2v) is 12.7. The van der Waals surface area contributed by atoms with Gasteiger partial charge in [0.2, 0.25) is 11.8 Å². The third-order valence-electron chi connectivity index (χ3n) is 9.50. The van der Waals surface area contributed by atoms with Crippen LogP contribution in [-0.2, 0) is 14.2 Å². The van der Waals surface area contributed by atoms with Gasteiger partial charge in [-0.15, -0.1) is 0 Å². The van der Waals surface area contributed by atoms with Gasteiger partial charge in [0.05, 0.1) is 23.6 Å². The average Bonchev–Trinajstić information content (AvgIpc) is 3.29. The fourth-order valence-electron chi connectivity index (χ4n) is 7.38. The molecule has 0 unspecified atom stereocenters. The van der Waals surface area contributed by atoms with Crippen molar-refractivity contribution in [1.29, 1.82) is 0 Å². The molecule has 2 heterocycles. The number of hydrogen-bond donors (Lipinski definition) is 4. The van der Waals surface area contributed by atoms with E-state index in [2.05, 4.69) is 13.8 Å². The van der Waals surface area contributed by atoms with E-state index in [4.69, 9.17) is 4.65 Å². The van der Waals surface area contributed by atoms with Crippen LogP contribution in [0, 0.1) is 29.5 Å². The topological polar surface area (TPSA) is 128 Å². The van der Waals surface area contributed by atoms with Gasteiger partial charge in [-0.25, -0.2) is 4.39 Å². The maximum Gasteiger partial charge on any atom is 0.488 e. The molecule has 8 nitrogen and oxygen atoms in total. The highest BCUT2D eigenvalue weighted by Crippen LogP contribution is 2.52. The summed E-state index contributed by atoms with van der Waals surface area (Å²) in [5, 5.41) is 40.0. The molecule has 0 radical (unpaired) electrons. The monoisotopic (exact) mass is 623 g/mol. The molecule has 4 N–H and O–H groups in total. The van der Waals surface area contributed by atoms with Crippen LogP contribution < -0.4 is 10.4 Å². The summed E-state index contributed by atoms with van der Waals surface area (Å²) < 4.78 is 20.4. The molecule has 2 aliphatic heterocycles. The Bertz CT molecular complexity index is 1710. The molecular formula is C35H36B2FNO7. The summed E-state index contributed by atoms with van der Waals surface area (Å²) in [5.74, 6) is -3.46. The van der Waals surface area contributed by atoms with Crippen LogP contribution in [0.5, 0.6) is 5.75 Å². The van der Waals surface area contributed by atoms with E-state index in [1.54, 1.807) is 18.2 Å². The number of phenolic OH excluding ortho intramolecular Hbond substituents is 1. The first-order chi connectivity index (χ1) is 22.0. The third-order valence-corrected chi connectivity index (χ3v) is 9.50. The van der Waals surface area contributed by atoms with Crippen LogP contribution in [-0.4, -0.2) is 52.3 Å². The first-order valence-electron chi connectivity index (χ1n) is 15.7. The number of anilines is 1. The van der Waals surface area contributed by atoms with E-state index in [1.807, 2.05) is 36.4 Å². The molecule has 6 rings (SSSR count). The number of amides is 2. The molecule has 11 heteroatoms. The van der Waals surface area contributed by atoms with Gasteiger partial charge in [-0.1, -0.05) is 74.0 Å².